The Morgan fingerprint density at radius 3 is 3.00 bits per heavy atom. The second-order valence-electron chi connectivity index (χ2n) is 3.36. The maximum Gasteiger partial charge on any atom is 0.345 e. The highest BCUT2D eigenvalue weighted by atomic mass is 35.5. The second-order valence-corrected chi connectivity index (χ2v) is 3.77. The lowest BCUT2D eigenvalue weighted by molar-refractivity contribution is -0.144. The van der Waals surface area contributed by atoms with Gasteiger partial charge in [0, 0.05) is 11.4 Å². The van der Waals surface area contributed by atoms with E-state index in [2.05, 4.69) is 0 Å². The zero-order valence-corrected chi connectivity index (χ0v) is 8.34. The molecule has 1 unspecified atom stereocenters. The quantitative estimate of drug-likeness (QED) is 0.775. The summed E-state index contributed by atoms with van der Waals surface area (Å²) in [6, 6.07) is 3.55. The molecule has 1 aromatic carbocycles. The van der Waals surface area contributed by atoms with Crippen LogP contribution in [0.3, 0.4) is 0 Å². The third-order valence-corrected chi connectivity index (χ3v) is 2.70. The normalized spacial score (nSPS) is 18.9. The fourth-order valence-corrected chi connectivity index (χ4v) is 1.68. The summed E-state index contributed by atoms with van der Waals surface area (Å²) in [6.07, 6.45) is -0.368. The molecule has 0 bridgehead atoms. The van der Waals surface area contributed by atoms with Crippen molar-refractivity contribution in [1.82, 2.24) is 0 Å². The summed E-state index contributed by atoms with van der Waals surface area (Å²) in [5.74, 6) is -0.297. The lowest BCUT2D eigenvalue weighted by atomic mass is 10.1. The first-order valence-corrected chi connectivity index (χ1v) is 4.64. The third kappa shape index (κ3) is 1.44. The van der Waals surface area contributed by atoms with Crippen LogP contribution in [0.5, 0.6) is 5.75 Å². The van der Waals surface area contributed by atoms with Crippen molar-refractivity contribution >= 4 is 17.6 Å². The Hall–Kier alpha value is -1.22. The van der Waals surface area contributed by atoms with E-state index in [4.69, 9.17) is 21.4 Å². The Morgan fingerprint density at radius 2 is 2.36 bits per heavy atom. The maximum absolute atomic E-state index is 10.7. The van der Waals surface area contributed by atoms with Gasteiger partial charge in [-0.2, -0.15) is 0 Å². The van der Waals surface area contributed by atoms with Crippen molar-refractivity contribution in [2.24, 2.45) is 0 Å². The number of ether oxygens (including phenoxy) is 1. The lowest BCUT2D eigenvalue weighted by Crippen LogP contribution is -2.24. The SMILES string of the molecule is Cc1cc2c(cc1Cl)CC(C(=O)O)O2. The first-order chi connectivity index (χ1) is 6.58. The van der Waals surface area contributed by atoms with Gasteiger partial charge in [-0.05, 0) is 30.2 Å². The minimum Gasteiger partial charge on any atom is -0.478 e. The topological polar surface area (TPSA) is 46.5 Å². The summed E-state index contributed by atoms with van der Waals surface area (Å²) in [6.45, 7) is 1.86. The van der Waals surface area contributed by atoms with E-state index in [1.54, 1.807) is 12.1 Å². The minimum atomic E-state index is -0.935. The van der Waals surface area contributed by atoms with Crippen LogP contribution >= 0.6 is 11.6 Å². The molecule has 3 nitrogen and oxygen atoms in total. The number of hydrogen-bond acceptors (Lipinski definition) is 2. The van der Waals surface area contributed by atoms with Crippen LogP contribution in [0.1, 0.15) is 11.1 Å². The third-order valence-electron chi connectivity index (χ3n) is 2.29. The van der Waals surface area contributed by atoms with E-state index >= 15 is 0 Å². The summed E-state index contributed by atoms with van der Waals surface area (Å²) in [5.41, 5.74) is 1.77. The fourth-order valence-electron chi connectivity index (χ4n) is 1.50. The summed E-state index contributed by atoms with van der Waals surface area (Å²) in [7, 11) is 0. The van der Waals surface area contributed by atoms with E-state index in [0.717, 1.165) is 11.1 Å². The van der Waals surface area contributed by atoms with E-state index in [9.17, 15) is 4.79 Å². The first kappa shape index (κ1) is 9.34. The maximum atomic E-state index is 10.7. The number of aliphatic carboxylic acids is 1. The number of rotatable bonds is 1. The largest absolute Gasteiger partial charge is 0.478 e. The predicted molar refractivity (Wildman–Crippen MR) is 51.9 cm³/mol. The van der Waals surface area contributed by atoms with Crippen molar-refractivity contribution in [3.8, 4) is 5.75 Å². The fraction of sp³-hybridized carbons (Fsp3) is 0.300. The van der Waals surface area contributed by atoms with Crippen LogP contribution in [0.4, 0.5) is 0 Å². The van der Waals surface area contributed by atoms with Crippen LogP contribution in [-0.2, 0) is 11.2 Å². The van der Waals surface area contributed by atoms with Crippen molar-refractivity contribution in [2.75, 3.05) is 0 Å². The van der Waals surface area contributed by atoms with Crippen LogP contribution in [0.15, 0.2) is 12.1 Å². The summed E-state index contributed by atoms with van der Waals surface area (Å²) in [5, 5.41) is 9.42. The van der Waals surface area contributed by atoms with Gasteiger partial charge >= 0.3 is 5.97 Å². The van der Waals surface area contributed by atoms with Crippen LogP contribution in [0.2, 0.25) is 5.02 Å². The molecular formula is C10H9ClO3. The number of benzene rings is 1. The molecule has 4 heteroatoms. The zero-order valence-electron chi connectivity index (χ0n) is 7.58. The Kier molecular flexibility index (Phi) is 2.11. The first-order valence-electron chi connectivity index (χ1n) is 4.26. The molecule has 0 fully saturated rings. The molecule has 1 N–H and O–H groups in total. The number of fused-ring (bicyclic) bond motifs is 1. The van der Waals surface area contributed by atoms with Gasteiger partial charge in [0.15, 0.2) is 6.10 Å². The van der Waals surface area contributed by atoms with E-state index in [0.29, 0.717) is 17.2 Å². The molecule has 2 rings (SSSR count). The number of carboxylic acid groups (broad SMARTS) is 1. The Bertz CT molecular complexity index is 370. The van der Waals surface area contributed by atoms with Crippen LogP contribution in [-0.4, -0.2) is 17.2 Å². The zero-order chi connectivity index (χ0) is 10.3. The van der Waals surface area contributed by atoms with Gasteiger partial charge in [0.2, 0.25) is 0 Å². The van der Waals surface area contributed by atoms with Gasteiger partial charge in [-0.25, -0.2) is 4.79 Å². The van der Waals surface area contributed by atoms with Crippen molar-refractivity contribution in [3.05, 3.63) is 28.3 Å². The van der Waals surface area contributed by atoms with Gasteiger partial charge in [-0.3, -0.25) is 0 Å². The molecule has 0 saturated carbocycles. The van der Waals surface area contributed by atoms with E-state index < -0.39 is 12.1 Å². The van der Waals surface area contributed by atoms with Gasteiger partial charge in [0.25, 0.3) is 0 Å². The predicted octanol–water partition coefficient (Wildman–Crippen LogP) is 2.04. The molecule has 74 valence electrons. The average Bonchev–Trinajstić information content (AvgIpc) is 2.48. The molecule has 0 amide bonds. The van der Waals surface area contributed by atoms with Gasteiger partial charge in [-0.15, -0.1) is 0 Å². The van der Waals surface area contributed by atoms with Crippen LogP contribution in [0.25, 0.3) is 0 Å². The molecular weight excluding hydrogens is 204 g/mol. The highest BCUT2D eigenvalue weighted by Gasteiger charge is 2.29. The average molecular weight is 213 g/mol. The Balaban J connectivity index is 2.36. The number of hydrogen-bond donors (Lipinski definition) is 1. The molecule has 1 aromatic rings. The minimum absolute atomic E-state index is 0.394. The molecule has 0 aromatic heterocycles. The summed E-state index contributed by atoms with van der Waals surface area (Å²) >= 11 is 5.92. The Morgan fingerprint density at radius 1 is 1.64 bits per heavy atom. The highest BCUT2D eigenvalue weighted by Crippen LogP contribution is 2.33. The van der Waals surface area contributed by atoms with Crippen molar-refractivity contribution < 1.29 is 14.6 Å². The van der Waals surface area contributed by atoms with Crippen molar-refractivity contribution in [2.45, 2.75) is 19.4 Å². The van der Waals surface area contributed by atoms with E-state index in [1.165, 1.54) is 0 Å². The van der Waals surface area contributed by atoms with Crippen molar-refractivity contribution in [3.63, 3.8) is 0 Å². The highest BCUT2D eigenvalue weighted by molar-refractivity contribution is 6.31. The molecule has 1 atom stereocenters. The molecule has 1 aliphatic rings. The van der Waals surface area contributed by atoms with Gasteiger partial charge in [-0.1, -0.05) is 11.6 Å². The summed E-state index contributed by atoms with van der Waals surface area (Å²) < 4.78 is 5.25. The molecule has 0 aliphatic carbocycles. The molecule has 1 aliphatic heterocycles. The van der Waals surface area contributed by atoms with E-state index in [1.807, 2.05) is 6.92 Å². The molecule has 0 saturated heterocycles. The van der Waals surface area contributed by atoms with E-state index in [-0.39, 0.29) is 0 Å². The van der Waals surface area contributed by atoms with Crippen molar-refractivity contribution in [1.29, 1.82) is 0 Å². The number of aryl methyl sites for hydroxylation is 1. The standard InChI is InChI=1S/C10H9ClO3/c1-5-2-8-6(3-7(5)11)4-9(14-8)10(12)13/h2-3,9H,4H2,1H3,(H,12,13). The monoisotopic (exact) mass is 212 g/mol. The molecule has 1 heterocycles. The van der Waals surface area contributed by atoms with Gasteiger partial charge in [0.1, 0.15) is 5.75 Å². The second kappa shape index (κ2) is 3.17. The smallest absolute Gasteiger partial charge is 0.345 e. The van der Waals surface area contributed by atoms with Crippen LogP contribution in [0, 0.1) is 6.92 Å². The number of carboxylic acids is 1. The molecule has 0 spiro atoms. The van der Waals surface area contributed by atoms with Crippen LogP contribution < -0.4 is 4.74 Å². The summed E-state index contributed by atoms with van der Waals surface area (Å²) in [4.78, 5) is 10.7. The van der Waals surface area contributed by atoms with Gasteiger partial charge in [0.05, 0.1) is 0 Å². The van der Waals surface area contributed by atoms with Gasteiger partial charge < -0.3 is 9.84 Å². The molecule has 0 radical (unpaired) electrons. The Labute approximate surface area is 86.3 Å². The number of halogens is 1. The molecule has 14 heavy (non-hydrogen) atoms. The lowest BCUT2D eigenvalue weighted by Gasteiger charge is -2.04. The number of carbonyl (C=O) groups is 1.